The van der Waals surface area contributed by atoms with Gasteiger partial charge < -0.3 is 19.9 Å². The topological polar surface area (TPSA) is 87.5 Å². The van der Waals surface area contributed by atoms with E-state index < -0.39 is 5.97 Å². The molecule has 0 aromatic carbocycles. The first-order valence-electron chi connectivity index (χ1n) is 6.81. The molecule has 1 saturated heterocycles. The maximum Gasteiger partial charge on any atom is 0.317 e. The van der Waals surface area contributed by atoms with Crippen LogP contribution in [0.3, 0.4) is 0 Å². The SMILES string of the molecule is CC1CC(C(=O)O)CCN1C(=O)NCCn1ccnc1. The highest BCUT2D eigenvalue weighted by Crippen LogP contribution is 2.22. The van der Waals surface area contributed by atoms with Gasteiger partial charge in [0.15, 0.2) is 0 Å². The van der Waals surface area contributed by atoms with E-state index in [1.54, 1.807) is 17.4 Å². The lowest BCUT2D eigenvalue weighted by Gasteiger charge is -2.36. The van der Waals surface area contributed by atoms with Crippen LogP contribution in [0.15, 0.2) is 18.7 Å². The number of hydrogen-bond donors (Lipinski definition) is 2. The first kappa shape index (κ1) is 14.4. The van der Waals surface area contributed by atoms with Gasteiger partial charge in [0.2, 0.25) is 0 Å². The molecule has 110 valence electrons. The van der Waals surface area contributed by atoms with Crippen LogP contribution in [-0.4, -0.2) is 50.7 Å². The van der Waals surface area contributed by atoms with E-state index in [0.717, 1.165) is 0 Å². The molecule has 2 unspecified atom stereocenters. The molecular weight excluding hydrogens is 260 g/mol. The maximum absolute atomic E-state index is 12.1. The van der Waals surface area contributed by atoms with Crippen molar-refractivity contribution in [1.82, 2.24) is 19.8 Å². The fraction of sp³-hybridized carbons (Fsp3) is 0.615. The Morgan fingerprint density at radius 2 is 2.30 bits per heavy atom. The summed E-state index contributed by atoms with van der Waals surface area (Å²) in [6.07, 6.45) is 6.28. The summed E-state index contributed by atoms with van der Waals surface area (Å²) < 4.78 is 1.89. The molecule has 1 aromatic heterocycles. The molecule has 1 aliphatic heterocycles. The van der Waals surface area contributed by atoms with E-state index >= 15 is 0 Å². The number of hydrogen-bond acceptors (Lipinski definition) is 3. The van der Waals surface area contributed by atoms with E-state index in [1.807, 2.05) is 17.7 Å². The van der Waals surface area contributed by atoms with Crippen LogP contribution in [0.1, 0.15) is 19.8 Å². The quantitative estimate of drug-likeness (QED) is 0.853. The molecule has 0 spiro atoms. The highest BCUT2D eigenvalue weighted by molar-refractivity contribution is 5.75. The Labute approximate surface area is 117 Å². The third kappa shape index (κ3) is 3.49. The number of rotatable bonds is 4. The molecule has 0 saturated carbocycles. The van der Waals surface area contributed by atoms with Gasteiger partial charge in [-0.05, 0) is 19.8 Å². The van der Waals surface area contributed by atoms with Crippen molar-refractivity contribution in [3.05, 3.63) is 18.7 Å². The number of carboxylic acids is 1. The molecule has 0 radical (unpaired) electrons. The second-order valence-corrected chi connectivity index (χ2v) is 5.13. The molecule has 1 fully saturated rings. The van der Waals surface area contributed by atoms with Gasteiger partial charge in [-0.3, -0.25) is 4.79 Å². The standard InChI is InChI=1S/C13H20N4O3/c1-10-8-11(12(18)19)2-5-17(10)13(20)15-4-7-16-6-3-14-9-16/h3,6,9-11H,2,4-5,7-8H2,1H3,(H,15,20)(H,18,19). The molecule has 0 bridgehead atoms. The number of nitrogens with one attached hydrogen (secondary N) is 1. The Hall–Kier alpha value is -2.05. The van der Waals surface area contributed by atoms with E-state index in [2.05, 4.69) is 10.3 Å². The third-order valence-electron chi connectivity index (χ3n) is 3.69. The van der Waals surface area contributed by atoms with Gasteiger partial charge >= 0.3 is 12.0 Å². The van der Waals surface area contributed by atoms with Crippen LogP contribution in [0.4, 0.5) is 4.79 Å². The Kier molecular flexibility index (Phi) is 4.60. The first-order valence-corrected chi connectivity index (χ1v) is 6.81. The molecule has 1 aromatic rings. The summed E-state index contributed by atoms with van der Waals surface area (Å²) in [4.78, 5) is 28.7. The van der Waals surface area contributed by atoms with E-state index in [4.69, 9.17) is 5.11 Å². The van der Waals surface area contributed by atoms with Gasteiger partial charge in [0, 0.05) is 38.1 Å². The Balaban J connectivity index is 1.76. The van der Waals surface area contributed by atoms with Crippen molar-refractivity contribution >= 4 is 12.0 Å². The monoisotopic (exact) mass is 280 g/mol. The molecule has 1 aliphatic rings. The van der Waals surface area contributed by atoms with Crippen molar-refractivity contribution in [3.8, 4) is 0 Å². The summed E-state index contributed by atoms with van der Waals surface area (Å²) in [7, 11) is 0. The zero-order valence-corrected chi connectivity index (χ0v) is 11.5. The summed E-state index contributed by atoms with van der Waals surface area (Å²) in [5, 5.41) is 11.9. The van der Waals surface area contributed by atoms with E-state index in [9.17, 15) is 9.59 Å². The van der Waals surface area contributed by atoms with Gasteiger partial charge in [0.25, 0.3) is 0 Å². The summed E-state index contributed by atoms with van der Waals surface area (Å²) in [6.45, 7) is 3.59. The molecule has 2 heterocycles. The minimum absolute atomic E-state index is 0.0434. The van der Waals surface area contributed by atoms with E-state index in [-0.39, 0.29) is 18.0 Å². The molecule has 7 heteroatoms. The molecule has 2 N–H and O–H groups in total. The molecule has 2 rings (SSSR count). The number of urea groups is 1. The molecule has 0 aliphatic carbocycles. The van der Waals surface area contributed by atoms with Crippen molar-refractivity contribution in [1.29, 1.82) is 0 Å². The number of carbonyl (C=O) groups is 2. The number of amides is 2. The summed E-state index contributed by atoms with van der Waals surface area (Å²) in [5.41, 5.74) is 0. The predicted octanol–water partition coefficient (Wildman–Crippen LogP) is 0.778. The number of carboxylic acid groups (broad SMARTS) is 1. The minimum Gasteiger partial charge on any atom is -0.481 e. The largest absolute Gasteiger partial charge is 0.481 e. The Bertz CT molecular complexity index is 460. The second-order valence-electron chi connectivity index (χ2n) is 5.13. The fourth-order valence-electron chi connectivity index (χ4n) is 2.51. The lowest BCUT2D eigenvalue weighted by molar-refractivity contribution is -0.143. The van der Waals surface area contributed by atoms with Gasteiger partial charge in [-0.2, -0.15) is 0 Å². The average molecular weight is 280 g/mol. The lowest BCUT2D eigenvalue weighted by Crippen LogP contribution is -2.50. The van der Waals surface area contributed by atoms with Crippen LogP contribution in [0.25, 0.3) is 0 Å². The van der Waals surface area contributed by atoms with Gasteiger partial charge in [-0.1, -0.05) is 0 Å². The Morgan fingerprint density at radius 3 is 2.90 bits per heavy atom. The van der Waals surface area contributed by atoms with Gasteiger partial charge in [0.1, 0.15) is 0 Å². The smallest absolute Gasteiger partial charge is 0.317 e. The van der Waals surface area contributed by atoms with Crippen LogP contribution < -0.4 is 5.32 Å². The maximum atomic E-state index is 12.1. The van der Waals surface area contributed by atoms with Crippen molar-refractivity contribution in [2.75, 3.05) is 13.1 Å². The summed E-state index contributed by atoms with van der Waals surface area (Å²) in [6, 6.07) is -0.167. The highest BCUT2D eigenvalue weighted by Gasteiger charge is 2.31. The highest BCUT2D eigenvalue weighted by atomic mass is 16.4. The van der Waals surface area contributed by atoms with Crippen molar-refractivity contribution in [3.63, 3.8) is 0 Å². The molecule has 2 amide bonds. The molecular formula is C13H20N4O3. The summed E-state index contributed by atoms with van der Waals surface area (Å²) in [5.74, 6) is -1.10. The van der Waals surface area contributed by atoms with Crippen LogP contribution in [0, 0.1) is 5.92 Å². The van der Waals surface area contributed by atoms with Gasteiger partial charge in [0.05, 0.1) is 12.2 Å². The van der Waals surface area contributed by atoms with Crippen molar-refractivity contribution in [2.24, 2.45) is 5.92 Å². The van der Waals surface area contributed by atoms with E-state index in [1.165, 1.54) is 0 Å². The number of aromatic nitrogens is 2. The van der Waals surface area contributed by atoms with Crippen molar-refractivity contribution < 1.29 is 14.7 Å². The number of carbonyl (C=O) groups excluding carboxylic acids is 1. The molecule has 2 atom stereocenters. The van der Waals surface area contributed by atoms with Crippen LogP contribution in [0.2, 0.25) is 0 Å². The van der Waals surface area contributed by atoms with Crippen LogP contribution >= 0.6 is 0 Å². The van der Waals surface area contributed by atoms with Crippen LogP contribution in [0.5, 0.6) is 0 Å². The van der Waals surface area contributed by atoms with Crippen LogP contribution in [-0.2, 0) is 11.3 Å². The number of imidazole rings is 1. The summed E-state index contributed by atoms with van der Waals surface area (Å²) >= 11 is 0. The zero-order chi connectivity index (χ0) is 14.5. The van der Waals surface area contributed by atoms with Crippen molar-refractivity contribution in [2.45, 2.75) is 32.4 Å². The number of likely N-dealkylation sites (tertiary alicyclic amines) is 1. The number of nitrogens with zero attached hydrogens (tertiary/aromatic N) is 3. The minimum atomic E-state index is -0.767. The predicted molar refractivity (Wildman–Crippen MR) is 72.2 cm³/mol. The first-order chi connectivity index (χ1) is 9.58. The van der Waals surface area contributed by atoms with Gasteiger partial charge in [-0.25, -0.2) is 9.78 Å². The van der Waals surface area contributed by atoms with E-state index in [0.29, 0.717) is 32.5 Å². The average Bonchev–Trinajstić information content (AvgIpc) is 2.91. The lowest BCUT2D eigenvalue weighted by atomic mass is 9.92. The normalized spacial score (nSPS) is 22.6. The number of aliphatic carboxylic acids is 1. The molecule has 20 heavy (non-hydrogen) atoms. The number of piperidine rings is 1. The second kappa shape index (κ2) is 6.40. The molecule has 7 nitrogen and oxygen atoms in total. The Morgan fingerprint density at radius 1 is 1.50 bits per heavy atom. The fourth-order valence-corrected chi connectivity index (χ4v) is 2.51. The zero-order valence-electron chi connectivity index (χ0n) is 11.5. The third-order valence-corrected chi connectivity index (χ3v) is 3.69. The van der Waals surface area contributed by atoms with Gasteiger partial charge in [-0.15, -0.1) is 0 Å².